The Bertz CT molecular complexity index is 496. The monoisotopic (exact) mass is 378 g/mol. The Morgan fingerprint density at radius 3 is 2.04 bits per heavy atom. The van der Waals surface area contributed by atoms with Gasteiger partial charge in [-0.1, -0.05) is 6.42 Å². The molecule has 5 nitrogen and oxygen atoms in total. The molecule has 0 radical (unpaired) electrons. The third kappa shape index (κ3) is 4.20. The van der Waals surface area contributed by atoms with Gasteiger partial charge in [0.1, 0.15) is 0 Å². The lowest BCUT2D eigenvalue weighted by Crippen LogP contribution is -2.47. The Balaban J connectivity index is 0.00000144. The highest BCUT2D eigenvalue weighted by Gasteiger charge is 2.34. The van der Waals surface area contributed by atoms with Crippen LogP contribution >= 0.6 is 24.8 Å². The van der Waals surface area contributed by atoms with Gasteiger partial charge in [0.15, 0.2) is 11.5 Å². The van der Waals surface area contributed by atoms with Crippen molar-refractivity contribution in [1.82, 2.24) is 10.2 Å². The number of phenolic OH excluding ortho intramolecular Hbond substituents is 1. The molecule has 1 aliphatic carbocycles. The van der Waals surface area contributed by atoms with E-state index in [9.17, 15) is 5.11 Å². The molecule has 2 N–H and O–H groups in total. The molecule has 1 saturated heterocycles. The quantitative estimate of drug-likeness (QED) is 0.824. The van der Waals surface area contributed by atoms with E-state index >= 15 is 0 Å². The maximum Gasteiger partial charge on any atom is 0.200 e. The summed E-state index contributed by atoms with van der Waals surface area (Å²) < 4.78 is 10.7. The first-order valence-electron chi connectivity index (χ1n) is 8.14. The molecule has 2 aliphatic rings. The topological polar surface area (TPSA) is 54.0 Å². The lowest BCUT2D eigenvalue weighted by molar-refractivity contribution is 0.0833. The first-order chi connectivity index (χ1) is 10.7. The van der Waals surface area contributed by atoms with Crippen molar-refractivity contribution in [3.63, 3.8) is 0 Å². The lowest BCUT2D eigenvalue weighted by Gasteiger charge is -2.43. The van der Waals surface area contributed by atoms with Gasteiger partial charge >= 0.3 is 0 Å². The molecule has 0 bridgehead atoms. The molecule has 1 atom stereocenters. The number of halogens is 2. The third-order valence-corrected chi connectivity index (χ3v) is 4.98. The van der Waals surface area contributed by atoms with Crippen LogP contribution in [0.2, 0.25) is 0 Å². The predicted octanol–water partition coefficient (Wildman–Crippen LogP) is 3.00. The van der Waals surface area contributed by atoms with Crippen molar-refractivity contribution in [3.8, 4) is 17.2 Å². The molecule has 24 heavy (non-hydrogen) atoms. The second kappa shape index (κ2) is 9.56. The molecule has 3 rings (SSSR count). The molecule has 138 valence electrons. The van der Waals surface area contributed by atoms with Crippen LogP contribution in [0.1, 0.15) is 30.9 Å². The van der Waals surface area contributed by atoms with E-state index in [1.165, 1.54) is 24.8 Å². The molecule has 0 amide bonds. The van der Waals surface area contributed by atoms with Gasteiger partial charge in [-0.25, -0.2) is 0 Å². The molecule has 1 aromatic rings. The number of nitrogens with one attached hydrogen (secondary N) is 1. The van der Waals surface area contributed by atoms with Crippen LogP contribution in [-0.4, -0.2) is 50.4 Å². The van der Waals surface area contributed by atoms with E-state index in [1.54, 1.807) is 14.2 Å². The molecule has 1 aliphatic heterocycles. The molecule has 0 spiro atoms. The van der Waals surface area contributed by atoms with Crippen molar-refractivity contribution in [2.24, 2.45) is 5.92 Å². The van der Waals surface area contributed by atoms with Gasteiger partial charge < -0.3 is 19.9 Å². The van der Waals surface area contributed by atoms with Crippen molar-refractivity contribution in [2.75, 3.05) is 40.4 Å². The average molecular weight is 379 g/mol. The highest BCUT2D eigenvalue weighted by Crippen LogP contribution is 2.46. The van der Waals surface area contributed by atoms with Crippen LogP contribution in [0.15, 0.2) is 12.1 Å². The number of aromatic hydroxyl groups is 1. The molecule has 7 heteroatoms. The zero-order chi connectivity index (χ0) is 15.5. The second-order valence-corrected chi connectivity index (χ2v) is 6.20. The summed E-state index contributed by atoms with van der Waals surface area (Å²) in [6.07, 6.45) is 3.87. The van der Waals surface area contributed by atoms with Crippen molar-refractivity contribution < 1.29 is 14.6 Å². The van der Waals surface area contributed by atoms with E-state index in [2.05, 4.69) is 10.2 Å². The van der Waals surface area contributed by atoms with Gasteiger partial charge in [0.2, 0.25) is 5.75 Å². The maximum atomic E-state index is 10.1. The summed E-state index contributed by atoms with van der Waals surface area (Å²) in [4.78, 5) is 2.56. The molecular formula is C17H28Cl2N2O3. The summed E-state index contributed by atoms with van der Waals surface area (Å²) in [6.45, 7) is 4.20. The number of ether oxygens (including phenoxy) is 2. The highest BCUT2D eigenvalue weighted by molar-refractivity contribution is 5.85. The third-order valence-electron chi connectivity index (χ3n) is 4.98. The Labute approximate surface area is 156 Å². The van der Waals surface area contributed by atoms with Gasteiger partial charge in [0, 0.05) is 32.2 Å². The Morgan fingerprint density at radius 1 is 1.08 bits per heavy atom. The van der Waals surface area contributed by atoms with Gasteiger partial charge in [0.25, 0.3) is 0 Å². The predicted molar refractivity (Wildman–Crippen MR) is 100 cm³/mol. The van der Waals surface area contributed by atoms with E-state index in [4.69, 9.17) is 9.47 Å². The van der Waals surface area contributed by atoms with Gasteiger partial charge in [0.05, 0.1) is 14.2 Å². The molecule has 1 aromatic carbocycles. The summed E-state index contributed by atoms with van der Waals surface area (Å²) in [7, 11) is 3.17. The fourth-order valence-electron chi connectivity index (χ4n) is 3.58. The summed E-state index contributed by atoms with van der Waals surface area (Å²) in [5.41, 5.74) is 1.19. The molecule has 2 fully saturated rings. The molecule has 0 aromatic heterocycles. The van der Waals surface area contributed by atoms with Crippen LogP contribution < -0.4 is 14.8 Å². The zero-order valence-corrected chi connectivity index (χ0v) is 15.9. The summed E-state index contributed by atoms with van der Waals surface area (Å²) in [5, 5.41) is 13.6. The van der Waals surface area contributed by atoms with Gasteiger partial charge in [-0.2, -0.15) is 0 Å². The smallest absolute Gasteiger partial charge is 0.200 e. The molecule has 1 heterocycles. The number of methoxy groups -OCH3 is 2. The van der Waals surface area contributed by atoms with Crippen molar-refractivity contribution >= 4 is 24.8 Å². The molecular weight excluding hydrogens is 351 g/mol. The van der Waals surface area contributed by atoms with Crippen molar-refractivity contribution in [2.45, 2.75) is 25.3 Å². The minimum Gasteiger partial charge on any atom is -0.502 e. The van der Waals surface area contributed by atoms with Crippen LogP contribution in [0.4, 0.5) is 0 Å². The van der Waals surface area contributed by atoms with Gasteiger partial charge in [-0.3, -0.25) is 4.90 Å². The Kier molecular flexibility index (Phi) is 8.43. The number of hydrogen-bond acceptors (Lipinski definition) is 5. The minimum absolute atomic E-state index is 0. The average Bonchev–Trinajstić information content (AvgIpc) is 2.52. The van der Waals surface area contributed by atoms with Crippen LogP contribution in [0, 0.1) is 5.92 Å². The maximum absolute atomic E-state index is 10.1. The standard InChI is InChI=1S/C17H26N2O3.2ClH/c1-21-14-10-13(11-15(22-2)17(14)20)16(12-4-3-5-12)19-8-6-18-7-9-19;;/h10-12,16,18,20H,3-9H2,1-2H3;2*1H/t16-;;/m0../s1. The van der Waals surface area contributed by atoms with Crippen LogP contribution in [0.5, 0.6) is 17.2 Å². The van der Waals surface area contributed by atoms with Crippen LogP contribution in [0.3, 0.4) is 0 Å². The number of rotatable bonds is 5. The Morgan fingerprint density at radius 2 is 1.62 bits per heavy atom. The summed E-state index contributed by atoms with van der Waals surface area (Å²) in [5.74, 6) is 1.76. The number of phenols is 1. The fraction of sp³-hybridized carbons (Fsp3) is 0.647. The van der Waals surface area contributed by atoms with E-state index in [0.717, 1.165) is 26.2 Å². The number of hydrogen-bond donors (Lipinski definition) is 2. The lowest BCUT2D eigenvalue weighted by atomic mass is 9.76. The van der Waals surface area contributed by atoms with E-state index < -0.39 is 0 Å². The fourth-order valence-corrected chi connectivity index (χ4v) is 3.58. The molecule has 1 saturated carbocycles. The first kappa shape index (κ1) is 21.2. The Hall–Kier alpha value is -0.880. The van der Waals surface area contributed by atoms with Crippen molar-refractivity contribution in [1.29, 1.82) is 0 Å². The summed E-state index contributed by atoms with van der Waals surface area (Å²) in [6, 6.07) is 4.34. The first-order valence-corrected chi connectivity index (χ1v) is 8.14. The number of piperazine rings is 1. The number of benzene rings is 1. The minimum atomic E-state index is 0. The zero-order valence-electron chi connectivity index (χ0n) is 14.3. The van der Waals surface area contributed by atoms with Gasteiger partial charge in [-0.15, -0.1) is 24.8 Å². The van der Waals surface area contributed by atoms with Crippen molar-refractivity contribution in [3.05, 3.63) is 17.7 Å². The van der Waals surface area contributed by atoms with E-state index in [0.29, 0.717) is 23.5 Å². The summed E-state index contributed by atoms with van der Waals surface area (Å²) >= 11 is 0. The largest absolute Gasteiger partial charge is 0.502 e. The van der Waals surface area contributed by atoms with E-state index in [1.807, 2.05) is 12.1 Å². The second-order valence-electron chi connectivity index (χ2n) is 6.20. The molecule has 0 unspecified atom stereocenters. The normalized spacial score (nSPS) is 19.4. The highest BCUT2D eigenvalue weighted by atomic mass is 35.5. The van der Waals surface area contributed by atoms with Crippen LogP contribution in [-0.2, 0) is 0 Å². The van der Waals surface area contributed by atoms with Gasteiger partial charge in [-0.05, 0) is 36.5 Å². The van der Waals surface area contributed by atoms with E-state index in [-0.39, 0.29) is 30.6 Å². The number of nitrogens with zero attached hydrogens (tertiary/aromatic N) is 1. The SMILES string of the molecule is COc1cc([C@H](C2CCC2)N2CCNCC2)cc(OC)c1O.Cl.Cl. The van der Waals surface area contributed by atoms with Crippen LogP contribution in [0.25, 0.3) is 0 Å².